The zero-order chi connectivity index (χ0) is 14.4. The number of hydrogen-bond acceptors (Lipinski definition) is 3. The van der Waals surface area contributed by atoms with Crippen LogP contribution < -0.4 is 10.6 Å². The number of fused-ring (bicyclic) bond motifs is 2. The van der Waals surface area contributed by atoms with Crippen LogP contribution in [0.5, 0.6) is 0 Å². The first-order chi connectivity index (χ1) is 10.2. The minimum absolute atomic E-state index is 0.0809. The third-order valence-electron chi connectivity index (χ3n) is 5.08. The van der Waals surface area contributed by atoms with Gasteiger partial charge in [-0.25, -0.2) is 0 Å². The third-order valence-corrected chi connectivity index (χ3v) is 5.57. The van der Waals surface area contributed by atoms with Crippen LogP contribution in [0.4, 0.5) is 5.69 Å². The summed E-state index contributed by atoms with van der Waals surface area (Å²) in [5, 5.41) is 6.62. The van der Waals surface area contributed by atoms with Crippen LogP contribution in [0.2, 0.25) is 0 Å². The first kappa shape index (κ1) is 13.7. The number of piperidine rings is 1. The van der Waals surface area contributed by atoms with E-state index in [9.17, 15) is 4.79 Å². The molecular weight excluding hydrogens is 330 g/mol. The maximum Gasteiger partial charge on any atom is 0.246 e. The quantitative estimate of drug-likeness (QED) is 0.862. The molecule has 2 saturated heterocycles. The van der Waals surface area contributed by atoms with E-state index in [1.165, 1.54) is 32.4 Å². The van der Waals surface area contributed by atoms with E-state index in [4.69, 9.17) is 0 Å². The maximum absolute atomic E-state index is 12.3. The molecule has 3 heterocycles. The summed E-state index contributed by atoms with van der Waals surface area (Å²) in [5.74, 6) is 0.0809. The summed E-state index contributed by atoms with van der Waals surface area (Å²) in [6.45, 7) is 2.39. The topological polar surface area (TPSA) is 44.4 Å². The van der Waals surface area contributed by atoms with Gasteiger partial charge in [0.2, 0.25) is 5.91 Å². The summed E-state index contributed by atoms with van der Waals surface area (Å²) in [6.07, 6.45) is 5.05. The summed E-state index contributed by atoms with van der Waals surface area (Å²) in [4.78, 5) is 14.9. The molecule has 3 unspecified atom stereocenters. The molecule has 0 radical (unpaired) electrons. The van der Waals surface area contributed by atoms with Gasteiger partial charge >= 0.3 is 0 Å². The number of carbonyl (C=O) groups excluding carboxylic acids is 1. The lowest BCUT2D eigenvalue weighted by molar-refractivity contribution is -0.117. The van der Waals surface area contributed by atoms with Crippen molar-refractivity contribution in [2.75, 3.05) is 18.4 Å². The number of carbonyl (C=O) groups is 1. The van der Waals surface area contributed by atoms with Crippen molar-refractivity contribution in [1.29, 1.82) is 0 Å². The van der Waals surface area contributed by atoms with Crippen molar-refractivity contribution in [2.24, 2.45) is 0 Å². The molecule has 3 atom stereocenters. The summed E-state index contributed by atoms with van der Waals surface area (Å²) >= 11 is 3.51. The average molecular weight is 350 g/mol. The van der Waals surface area contributed by atoms with Crippen molar-refractivity contribution in [3.05, 3.63) is 28.2 Å². The number of nitrogens with zero attached hydrogens (tertiary/aromatic N) is 1. The van der Waals surface area contributed by atoms with Gasteiger partial charge in [0, 0.05) is 34.4 Å². The van der Waals surface area contributed by atoms with Crippen LogP contribution in [0.15, 0.2) is 22.7 Å². The van der Waals surface area contributed by atoms with Crippen LogP contribution >= 0.6 is 15.9 Å². The van der Waals surface area contributed by atoms with E-state index < -0.39 is 0 Å². The molecule has 0 aromatic heterocycles. The minimum atomic E-state index is -0.204. The molecule has 0 aliphatic carbocycles. The van der Waals surface area contributed by atoms with E-state index in [2.05, 4.69) is 37.5 Å². The van der Waals surface area contributed by atoms with Crippen molar-refractivity contribution >= 4 is 27.5 Å². The molecule has 1 amide bonds. The maximum atomic E-state index is 12.3. The Kier molecular flexibility index (Phi) is 3.52. The zero-order valence-corrected chi connectivity index (χ0v) is 13.5. The Bertz CT molecular complexity index is 577. The number of benzene rings is 1. The van der Waals surface area contributed by atoms with Crippen LogP contribution in [0.3, 0.4) is 0 Å². The van der Waals surface area contributed by atoms with Crippen molar-refractivity contribution in [3.63, 3.8) is 0 Å². The Balaban J connectivity index is 1.55. The van der Waals surface area contributed by atoms with Gasteiger partial charge in [0.25, 0.3) is 0 Å². The van der Waals surface area contributed by atoms with E-state index in [1.807, 2.05) is 12.1 Å². The highest BCUT2D eigenvalue weighted by Crippen LogP contribution is 2.35. The normalized spacial score (nSPS) is 31.9. The third kappa shape index (κ3) is 2.41. The molecular formula is C16H20BrN3O. The highest BCUT2D eigenvalue weighted by atomic mass is 79.9. The second-order valence-electron chi connectivity index (χ2n) is 6.31. The molecule has 5 heteroatoms. The first-order valence-electron chi connectivity index (χ1n) is 7.83. The summed E-state index contributed by atoms with van der Waals surface area (Å²) in [5.41, 5.74) is 2.02. The zero-order valence-electron chi connectivity index (χ0n) is 11.9. The Morgan fingerprint density at radius 1 is 1.24 bits per heavy atom. The summed E-state index contributed by atoms with van der Waals surface area (Å²) in [7, 11) is 0. The van der Waals surface area contributed by atoms with E-state index in [-0.39, 0.29) is 11.9 Å². The van der Waals surface area contributed by atoms with Gasteiger partial charge in [-0.15, -0.1) is 0 Å². The van der Waals surface area contributed by atoms with Crippen LogP contribution in [0.25, 0.3) is 0 Å². The van der Waals surface area contributed by atoms with Crippen molar-refractivity contribution in [1.82, 2.24) is 10.2 Å². The average Bonchev–Trinajstić information content (AvgIpc) is 3.02. The lowest BCUT2D eigenvalue weighted by Crippen LogP contribution is -2.47. The van der Waals surface area contributed by atoms with Gasteiger partial charge in [0.05, 0.1) is 0 Å². The molecule has 3 aliphatic heterocycles. The van der Waals surface area contributed by atoms with Crippen LogP contribution in [-0.2, 0) is 4.79 Å². The second kappa shape index (κ2) is 5.38. The lowest BCUT2D eigenvalue weighted by atomic mass is 9.97. The number of hydrogen-bond donors (Lipinski definition) is 2. The Morgan fingerprint density at radius 3 is 3.05 bits per heavy atom. The van der Waals surface area contributed by atoms with Gasteiger partial charge in [0.15, 0.2) is 0 Å². The standard InChI is InChI=1S/C16H20BrN3O/c17-10-4-5-12-11(9-10)15(16(21)19-12)18-13-6-8-20-7-2-1-3-14(13)20/h4-5,9,13-15,18H,1-3,6-8H2,(H,19,21). The van der Waals surface area contributed by atoms with Gasteiger partial charge in [-0.05, 0) is 44.0 Å². The van der Waals surface area contributed by atoms with Gasteiger partial charge in [-0.2, -0.15) is 0 Å². The lowest BCUT2D eigenvalue weighted by Gasteiger charge is -2.33. The van der Waals surface area contributed by atoms with E-state index in [0.717, 1.165) is 22.1 Å². The molecule has 0 bridgehead atoms. The van der Waals surface area contributed by atoms with Gasteiger partial charge in [-0.1, -0.05) is 22.4 Å². The minimum Gasteiger partial charge on any atom is -0.324 e. The fourth-order valence-corrected chi connectivity index (χ4v) is 4.43. The predicted octanol–water partition coefficient (Wildman–Crippen LogP) is 2.66. The molecule has 2 N–H and O–H groups in total. The van der Waals surface area contributed by atoms with Crippen LogP contribution in [0, 0.1) is 0 Å². The van der Waals surface area contributed by atoms with Gasteiger partial charge < -0.3 is 5.32 Å². The van der Waals surface area contributed by atoms with E-state index in [0.29, 0.717) is 12.1 Å². The second-order valence-corrected chi connectivity index (χ2v) is 7.23. The van der Waals surface area contributed by atoms with Gasteiger partial charge in [0.1, 0.15) is 6.04 Å². The Morgan fingerprint density at radius 2 is 2.14 bits per heavy atom. The number of nitrogens with one attached hydrogen (secondary N) is 2. The number of rotatable bonds is 2. The SMILES string of the molecule is O=C1Nc2ccc(Br)cc2C1NC1CCN2CCCCC12. The summed E-state index contributed by atoms with van der Waals surface area (Å²) < 4.78 is 1.02. The van der Waals surface area contributed by atoms with Crippen molar-refractivity contribution < 1.29 is 4.79 Å². The predicted molar refractivity (Wildman–Crippen MR) is 86.3 cm³/mol. The molecule has 1 aromatic carbocycles. The van der Waals surface area contributed by atoms with E-state index >= 15 is 0 Å². The smallest absolute Gasteiger partial charge is 0.246 e. The van der Waals surface area contributed by atoms with Crippen molar-refractivity contribution in [3.8, 4) is 0 Å². The Labute approximate surface area is 133 Å². The highest BCUT2D eigenvalue weighted by Gasteiger charge is 2.39. The first-order valence-corrected chi connectivity index (χ1v) is 8.62. The fourth-order valence-electron chi connectivity index (χ4n) is 4.05. The molecule has 21 heavy (non-hydrogen) atoms. The molecule has 3 aliphatic rings. The molecule has 2 fully saturated rings. The number of halogens is 1. The monoisotopic (exact) mass is 349 g/mol. The molecule has 4 rings (SSSR count). The molecule has 1 aromatic rings. The van der Waals surface area contributed by atoms with Crippen LogP contribution in [-0.4, -0.2) is 36.0 Å². The van der Waals surface area contributed by atoms with Gasteiger partial charge in [-0.3, -0.25) is 15.0 Å². The molecule has 0 spiro atoms. The number of anilines is 1. The Hall–Kier alpha value is -0.910. The van der Waals surface area contributed by atoms with Crippen LogP contribution in [0.1, 0.15) is 37.3 Å². The fraction of sp³-hybridized carbons (Fsp3) is 0.562. The van der Waals surface area contributed by atoms with E-state index in [1.54, 1.807) is 0 Å². The molecule has 112 valence electrons. The summed E-state index contributed by atoms with van der Waals surface area (Å²) in [6, 6.07) is 6.84. The highest BCUT2D eigenvalue weighted by molar-refractivity contribution is 9.10. The molecule has 4 nitrogen and oxygen atoms in total. The van der Waals surface area contributed by atoms with Crippen molar-refractivity contribution in [2.45, 2.75) is 43.8 Å². The largest absolute Gasteiger partial charge is 0.324 e. The number of amides is 1. The molecule has 0 saturated carbocycles.